The summed E-state index contributed by atoms with van der Waals surface area (Å²) < 4.78 is 28.5. The molecule has 0 N–H and O–H groups in total. The van der Waals surface area contributed by atoms with Crippen molar-refractivity contribution >= 4 is 17.2 Å². The molecule has 118 valence electrons. The van der Waals surface area contributed by atoms with Crippen molar-refractivity contribution in [2.24, 2.45) is 0 Å². The van der Waals surface area contributed by atoms with Gasteiger partial charge in [-0.1, -0.05) is 54.6 Å². The van der Waals surface area contributed by atoms with Crippen LogP contribution in [0.25, 0.3) is 16.7 Å². The quantitative estimate of drug-likeness (QED) is 0.550. The van der Waals surface area contributed by atoms with Gasteiger partial charge >= 0.3 is 0 Å². The van der Waals surface area contributed by atoms with E-state index in [-0.39, 0.29) is 5.82 Å². The molecule has 2 aromatic carbocycles. The van der Waals surface area contributed by atoms with Crippen molar-refractivity contribution in [3.8, 4) is 11.1 Å². The summed E-state index contributed by atoms with van der Waals surface area (Å²) in [7, 11) is 0. The Kier molecular flexibility index (Phi) is 5.51. The molecule has 0 spiro atoms. The van der Waals surface area contributed by atoms with Crippen molar-refractivity contribution in [1.29, 1.82) is 0 Å². The monoisotopic (exact) mass is 330 g/mol. The number of halogens is 3. The summed E-state index contributed by atoms with van der Waals surface area (Å²) in [6.45, 7) is 7.24. The summed E-state index contributed by atoms with van der Waals surface area (Å²) in [6, 6.07) is 9.54. The Morgan fingerprint density at radius 2 is 1.78 bits per heavy atom. The van der Waals surface area contributed by atoms with Crippen molar-refractivity contribution < 1.29 is 8.78 Å². The summed E-state index contributed by atoms with van der Waals surface area (Å²) in [5.74, 6) is -0.799. The molecule has 0 radical (unpaired) electrons. The van der Waals surface area contributed by atoms with Crippen LogP contribution in [-0.2, 0) is 0 Å². The Labute approximate surface area is 140 Å². The van der Waals surface area contributed by atoms with Gasteiger partial charge in [0.15, 0.2) is 0 Å². The molecular formula is C20H17ClF2. The molecule has 0 heterocycles. The van der Waals surface area contributed by atoms with Gasteiger partial charge in [-0.3, -0.25) is 0 Å². The van der Waals surface area contributed by atoms with Crippen molar-refractivity contribution in [2.45, 2.75) is 13.8 Å². The SMILES string of the molecule is C=C/C(=C\C=C(/C)Cl)c1ccc(-c2ccc(C)cc2F)cc1F. The zero-order valence-electron chi connectivity index (χ0n) is 13.0. The van der Waals surface area contributed by atoms with Gasteiger partial charge in [-0.15, -0.1) is 0 Å². The molecule has 3 heteroatoms. The van der Waals surface area contributed by atoms with Gasteiger partial charge in [-0.05, 0) is 48.8 Å². The fraction of sp³-hybridized carbons (Fsp3) is 0.100. The number of hydrogen-bond acceptors (Lipinski definition) is 0. The molecule has 0 aromatic heterocycles. The normalized spacial score (nSPS) is 12.4. The minimum absolute atomic E-state index is 0.364. The first-order valence-corrected chi connectivity index (χ1v) is 7.53. The predicted molar refractivity (Wildman–Crippen MR) is 94.3 cm³/mol. The van der Waals surface area contributed by atoms with Crippen molar-refractivity contribution in [3.63, 3.8) is 0 Å². The van der Waals surface area contributed by atoms with E-state index >= 15 is 0 Å². The molecular weight excluding hydrogens is 314 g/mol. The largest absolute Gasteiger partial charge is 0.206 e. The molecule has 0 bridgehead atoms. The van der Waals surface area contributed by atoms with Gasteiger partial charge < -0.3 is 0 Å². The van der Waals surface area contributed by atoms with Gasteiger partial charge in [0.1, 0.15) is 11.6 Å². The highest BCUT2D eigenvalue weighted by Crippen LogP contribution is 2.28. The first-order valence-electron chi connectivity index (χ1n) is 7.15. The molecule has 0 nitrogen and oxygen atoms in total. The summed E-state index contributed by atoms with van der Waals surface area (Å²) in [5.41, 5.74) is 2.70. The molecule has 0 aliphatic heterocycles. The fourth-order valence-corrected chi connectivity index (χ4v) is 2.31. The van der Waals surface area contributed by atoms with Crippen LogP contribution in [0.5, 0.6) is 0 Å². The van der Waals surface area contributed by atoms with E-state index < -0.39 is 5.82 Å². The predicted octanol–water partition coefficient (Wildman–Crippen LogP) is 6.65. The lowest BCUT2D eigenvalue weighted by Crippen LogP contribution is -1.91. The Balaban J connectivity index is 2.47. The highest BCUT2D eigenvalue weighted by atomic mass is 35.5. The van der Waals surface area contributed by atoms with Crippen molar-refractivity contribution in [2.75, 3.05) is 0 Å². The molecule has 0 saturated carbocycles. The minimum atomic E-state index is -0.436. The summed E-state index contributed by atoms with van der Waals surface area (Å²) in [5, 5.41) is 0.586. The van der Waals surface area contributed by atoms with E-state index in [2.05, 4.69) is 6.58 Å². The number of hydrogen-bond donors (Lipinski definition) is 0. The third-order valence-electron chi connectivity index (χ3n) is 3.43. The molecule has 0 fully saturated rings. The van der Waals surface area contributed by atoms with Crippen LogP contribution in [0.2, 0.25) is 0 Å². The maximum absolute atomic E-state index is 14.4. The van der Waals surface area contributed by atoms with Gasteiger partial charge in [-0.25, -0.2) is 8.78 Å². The topological polar surface area (TPSA) is 0 Å². The van der Waals surface area contributed by atoms with E-state index in [4.69, 9.17) is 11.6 Å². The second kappa shape index (κ2) is 7.38. The summed E-state index contributed by atoms with van der Waals surface area (Å²) in [4.78, 5) is 0. The third kappa shape index (κ3) is 4.17. The van der Waals surface area contributed by atoms with E-state index in [0.717, 1.165) is 5.56 Å². The molecule has 2 aromatic rings. The Bertz CT molecular complexity index is 797. The highest BCUT2D eigenvalue weighted by Gasteiger charge is 2.10. The zero-order chi connectivity index (χ0) is 17.0. The van der Waals surface area contributed by atoms with Crippen LogP contribution in [0.1, 0.15) is 18.1 Å². The highest BCUT2D eigenvalue weighted by molar-refractivity contribution is 6.29. The van der Waals surface area contributed by atoms with Crippen LogP contribution < -0.4 is 0 Å². The van der Waals surface area contributed by atoms with E-state index in [1.54, 1.807) is 49.4 Å². The van der Waals surface area contributed by atoms with Crippen LogP contribution >= 0.6 is 11.6 Å². The van der Waals surface area contributed by atoms with E-state index in [1.807, 2.05) is 6.92 Å². The summed E-state index contributed by atoms with van der Waals surface area (Å²) in [6.07, 6.45) is 4.92. The van der Waals surface area contributed by atoms with E-state index in [0.29, 0.717) is 27.3 Å². The van der Waals surface area contributed by atoms with Crippen molar-refractivity contribution in [3.05, 3.63) is 89.0 Å². The number of benzene rings is 2. The maximum Gasteiger partial charge on any atom is 0.131 e. The lowest BCUT2D eigenvalue weighted by molar-refractivity contribution is 0.622. The van der Waals surface area contributed by atoms with Crippen LogP contribution in [-0.4, -0.2) is 0 Å². The fourth-order valence-electron chi connectivity index (χ4n) is 2.24. The molecule has 0 saturated heterocycles. The average molecular weight is 331 g/mol. The smallest absolute Gasteiger partial charge is 0.131 e. The third-order valence-corrected chi connectivity index (χ3v) is 3.55. The van der Waals surface area contributed by atoms with Gasteiger partial charge in [0.2, 0.25) is 0 Å². The lowest BCUT2D eigenvalue weighted by atomic mass is 9.98. The standard InChI is InChI=1S/C20H17ClF2/c1-4-15(7-6-14(3)21)17-10-8-16(12-20(17)23)18-9-5-13(2)11-19(18)22/h4-12H,1H2,2-3H3/b14-6+,15-7+. The van der Waals surface area contributed by atoms with E-state index in [9.17, 15) is 8.78 Å². The second-order valence-electron chi connectivity index (χ2n) is 5.26. The summed E-state index contributed by atoms with van der Waals surface area (Å²) >= 11 is 5.79. The van der Waals surface area contributed by atoms with Crippen LogP contribution in [0, 0.1) is 18.6 Å². The van der Waals surface area contributed by atoms with Crippen molar-refractivity contribution in [1.82, 2.24) is 0 Å². The first-order chi connectivity index (χ1) is 10.9. The molecule has 0 aliphatic rings. The van der Waals surface area contributed by atoms with Crippen LogP contribution in [0.3, 0.4) is 0 Å². The minimum Gasteiger partial charge on any atom is -0.206 e. The first kappa shape index (κ1) is 17.2. The Morgan fingerprint density at radius 1 is 1.04 bits per heavy atom. The second-order valence-corrected chi connectivity index (χ2v) is 5.85. The van der Waals surface area contributed by atoms with Gasteiger partial charge in [0.05, 0.1) is 0 Å². The number of rotatable bonds is 4. The maximum atomic E-state index is 14.4. The Hall–Kier alpha value is -2.19. The lowest BCUT2D eigenvalue weighted by Gasteiger charge is -2.09. The zero-order valence-corrected chi connectivity index (χ0v) is 13.8. The molecule has 0 aliphatic carbocycles. The molecule has 23 heavy (non-hydrogen) atoms. The average Bonchev–Trinajstić information content (AvgIpc) is 2.49. The van der Waals surface area contributed by atoms with Gasteiger partial charge in [0, 0.05) is 16.2 Å². The van der Waals surface area contributed by atoms with Crippen LogP contribution in [0.4, 0.5) is 8.78 Å². The van der Waals surface area contributed by atoms with Gasteiger partial charge in [0.25, 0.3) is 0 Å². The van der Waals surface area contributed by atoms with E-state index in [1.165, 1.54) is 12.1 Å². The molecule has 2 rings (SSSR count). The number of aryl methyl sites for hydroxylation is 1. The van der Waals surface area contributed by atoms with Gasteiger partial charge in [-0.2, -0.15) is 0 Å². The van der Waals surface area contributed by atoms with Crippen LogP contribution in [0.15, 0.2) is 66.2 Å². The Morgan fingerprint density at radius 3 is 2.35 bits per heavy atom. The molecule has 0 atom stereocenters. The number of allylic oxidation sites excluding steroid dienone is 5. The molecule has 0 amide bonds. The molecule has 0 unspecified atom stereocenters.